The van der Waals surface area contributed by atoms with Gasteiger partial charge < -0.3 is 19.1 Å². The molecule has 1 atom stereocenters. The molecule has 2 aliphatic rings. The lowest BCUT2D eigenvalue weighted by Crippen LogP contribution is -2.34. The molecule has 124 valence electrons. The molecule has 0 radical (unpaired) electrons. The second-order valence-corrected chi connectivity index (χ2v) is 6.09. The topological polar surface area (TPSA) is 30.9 Å². The minimum Gasteiger partial charge on any atom is -0.493 e. The molecule has 0 aliphatic carbocycles. The van der Waals surface area contributed by atoms with E-state index in [1.807, 2.05) is 0 Å². The van der Waals surface area contributed by atoms with Crippen molar-refractivity contribution in [2.45, 2.75) is 25.4 Å². The van der Waals surface area contributed by atoms with Crippen molar-refractivity contribution in [3.63, 3.8) is 0 Å². The van der Waals surface area contributed by atoms with Gasteiger partial charge in [0.25, 0.3) is 0 Å². The van der Waals surface area contributed by atoms with E-state index >= 15 is 0 Å². The van der Waals surface area contributed by atoms with Crippen LogP contribution in [0.2, 0.25) is 0 Å². The summed E-state index contributed by atoms with van der Waals surface area (Å²) in [6.07, 6.45) is 3.57. The number of fused-ring (bicyclic) bond motifs is 1. The van der Waals surface area contributed by atoms with E-state index < -0.39 is 0 Å². The Bertz CT molecular complexity index is 501. The summed E-state index contributed by atoms with van der Waals surface area (Å²) in [6, 6.07) is 4.24. The second kappa shape index (κ2) is 7.53. The molecule has 2 aliphatic heterocycles. The summed E-state index contributed by atoms with van der Waals surface area (Å²) in [5.74, 6) is 2.23. The molecular formula is C17H26ClNO3. The van der Waals surface area contributed by atoms with E-state index in [4.69, 9.17) is 14.2 Å². The van der Waals surface area contributed by atoms with Crippen LogP contribution < -0.4 is 9.47 Å². The highest BCUT2D eigenvalue weighted by atomic mass is 35.5. The predicted molar refractivity (Wildman–Crippen MR) is 89.4 cm³/mol. The Labute approximate surface area is 139 Å². The fourth-order valence-electron chi connectivity index (χ4n) is 3.53. The quantitative estimate of drug-likeness (QED) is 0.853. The normalized spacial score (nSPS) is 22.6. The molecule has 1 aromatic carbocycles. The summed E-state index contributed by atoms with van der Waals surface area (Å²) in [4.78, 5) is 2.40. The zero-order valence-corrected chi connectivity index (χ0v) is 14.4. The Kier molecular flexibility index (Phi) is 5.95. The fourth-order valence-corrected chi connectivity index (χ4v) is 3.53. The van der Waals surface area contributed by atoms with Crippen molar-refractivity contribution in [3.8, 4) is 11.5 Å². The molecule has 1 saturated heterocycles. The monoisotopic (exact) mass is 327 g/mol. The van der Waals surface area contributed by atoms with E-state index in [0.29, 0.717) is 5.92 Å². The fraction of sp³-hybridized carbons (Fsp3) is 0.647. The smallest absolute Gasteiger partial charge is 0.161 e. The van der Waals surface area contributed by atoms with Gasteiger partial charge in [-0.1, -0.05) is 0 Å². The maximum absolute atomic E-state index is 6.14. The number of piperidine rings is 1. The zero-order chi connectivity index (χ0) is 14.8. The number of hydrogen-bond donors (Lipinski definition) is 0. The third kappa shape index (κ3) is 3.34. The molecule has 22 heavy (non-hydrogen) atoms. The van der Waals surface area contributed by atoms with Gasteiger partial charge in [-0.05, 0) is 68.6 Å². The number of rotatable bonds is 3. The molecule has 4 nitrogen and oxygen atoms in total. The highest BCUT2D eigenvalue weighted by molar-refractivity contribution is 5.85. The molecule has 0 aromatic heterocycles. The first-order valence-corrected chi connectivity index (χ1v) is 7.78. The number of benzene rings is 1. The van der Waals surface area contributed by atoms with Crippen LogP contribution in [0.1, 0.15) is 30.1 Å². The Morgan fingerprint density at radius 1 is 1.09 bits per heavy atom. The lowest BCUT2D eigenvalue weighted by atomic mass is 9.83. The van der Waals surface area contributed by atoms with Gasteiger partial charge in [-0.3, -0.25) is 0 Å². The molecule has 1 aromatic rings. The summed E-state index contributed by atoms with van der Waals surface area (Å²) >= 11 is 0. The number of ether oxygens (including phenoxy) is 3. The van der Waals surface area contributed by atoms with Gasteiger partial charge in [0, 0.05) is 0 Å². The van der Waals surface area contributed by atoms with Crippen LogP contribution in [0, 0.1) is 5.92 Å². The Morgan fingerprint density at radius 2 is 1.73 bits per heavy atom. The maximum atomic E-state index is 6.14. The van der Waals surface area contributed by atoms with Crippen LogP contribution in [0.5, 0.6) is 11.5 Å². The maximum Gasteiger partial charge on any atom is 0.161 e. The van der Waals surface area contributed by atoms with Gasteiger partial charge in [0.1, 0.15) is 0 Å². The Hall–Kier alpha value is -0.970. The van der Waals surface area contributed by atoms with Gasteiger partial charge in [0.05, 0.1) is 26.9 Å². The molecule has 0 bridgehead atoms. The van der Waals surface area contributed by atoms with Gasteiger partial charge in [0.2, 0.25) is 0 Å². The predicted octanol–water partition coefficient (Wildman–Crippen LogP) is 3.08. The lowest BCUT2D eigenvalue weighted by molar-refractivity contribution is -0.0174. The summed E-state index contributed by atoms with van der Waals surface area (Å²) < 4.78 is 17.0. The lowest BCUT2D eigenvalue weighted by Gasteiger charge is -2.37. The van der Waals surface area contributed by atoms with Crippen LogP contribution >= 0.6 is 12.4 Å². The molecule has 0 spiro atoms. The Morgan fingerprint density at radius 3 is 2.36 bits per heavy atom. The van der Waals surface area contributed by atoms with Crippen LogP contribution in [0.3, 0.4) is 0 Å². The number of methoxy groups -OCH3 is 2. The van der Waals surface area contributed by atoms with Crippen LogP contribution in [0.25, 0.3) is 0 Å². The van der Waals surface area contributed by atoms with Gasteiger partial charge in [-0.2, -0.15) is 0 Å². The van der Waals surface area contributed by atoms with Crippen molar-refractivity contribution in [2.75, 3.05) is 41.0 Å². The number of likely N-dealkylation sites (tertiary alicyclic amines) is 1. The standard InChI is InChI=1S/C17H25NO3.ClH/c1-18-7-4-12(5-8-18)17-14-11-16(20-3)15(19-2)10-13(14)6-9-21-17;/h10-12,17H,4-9H2,1-3H3;1H. The molecule has 0 N–H and O–H groups in total. The molecule has 0 amide bonds. The summed E-state index contributed by atoms with van der Waals surface area (Å²) in [5, 5.41) is 0. The number of nitrogens with zero attached hydrogens (tertiary/aromatic N) is 1. The summed E-state index contributed by atoms with van der Waals surface area (Å²) in [6.45, 7) is 3.12. The Balaban J connectivity index is 0.00000176. The third-order valence-electron chi connectivity index (χ3n) is 4.81. The van der Waals surface area contributed by atoms with Gasteiger partial charge in [0.15, 0.2) is 11.5 Å². The average Bonchev–Trinajstić information content (AvgIpc) is 2.53. The first-order valence-electron chi connectivity index (χ1n) is 7.78. The highest BCUT2D eigenvalue weighted by Crippen LogP contribution is 2.42. The van der Waals surface area contributed by atoms with E-state index in [1.165, 1.54) is 24.0 Å². The van der Waals surface area contributed by atoms with Crippen molar-refractivity contribution < 1.29 is 14.2 Å². The molecule has 1 fully saturated rings. The molecule has 5 heteroatoms. The molecular weight excluding hydrogens is 302 g/mol. The second-order valence-electron chi connectivity index (χ2n) is 6.09. The summed E-state index contributed by atoms with van der Waals surface area (Å²) in [7, 11) is 5.58. The van der Waals surface area contributed by atoms with Crippen LogP contribution in [0.15, 0.2) is 12.1 Å². The van der Waals surface area contributed by atoms with Gasteiger partial charge >= 0.3 is 0 Å². The van der Waals surface area contributed by atoms with Crippen molar-refractivity contribution in [2.24, 2.45) is 5.92 Å². The molecule has 0 saturated carbocycles. The van der Waals surface area contributed by atoms with Crippen molar-refractivity contribution in [3.05, 3.63) is 23.3 Å². The SMILES string of the molecule is COc1cc2c(cc1OC)C(C1CCN(C)CC1)OCC2.Cl. The van der Waals surface area contributed by atoms with E-state index in [9.17, 15) is 0 Å². The third-order valence-corrected chi connectivity index (χ3v) is 4.81. The van der Waals surface area contributed by atoms with Crippen LogP contribution in [0.4, 0.5) is 0 Å². The average molecular weight is 328 g/mol. The first-order chi connectivity index (χ1) is 10.2. The molecule has 1 unspecified atom stereocenters. The van der Waals surface area contributed by atoms with Crippen molar-refractivity contribution >= 4 is 12.4 Å². The van der Waals surface area contributed by atoms with Crippen LogP contribution in [-0.4, -0.2) is 45.9 Å². The van der Waals surface area contributed by atoms with E-state index in [0.717, 1.165) is 37.6 Å². The van der Waals surface area contributed by atoms with E-state index in [1.54, 1.807) is 14.2 Å². The van der Waals surface area contributed by atoms with E-state index in [-0.39, 0.29) is 18.5 Å². The van der Waals surface area contributed by atoms with E-state index in [2.05, 4.69) is 24.1 Å². The highest BCUT2D eigenvalue weighted by Gasteiger charge is 2.32. The first kappa shape index (κ1) is 17.4. The minimum absolute atomic E-state index is 0. The van der Waals surface area contributed by atoms with Gasteiger partial charge in [-0.25, -0.2) is 0 Å². The zero-order valence-electron chi connectivity index (χ0n) is 13.6. The van der Waals surface area contributed by atoms with Crippen molar-refractivity contribution in [1.29, 1.82) is 0 Å². The minimum atomic E-state index is 0. The molecule has 3 rings (SSSR count). The summed E-state index contributed by atoms with van der Waals surface area (Å²) in [5.41, 5.74) is 2.65. The number of halogens is 1. The van der Waals surface area contributed by atoms with Crippen molar-refractivity contribution in [1.82, 2.24) is 4.90 Å². The molecule has 2 heterocycles. The van der Waals surface area contributed by atoms with Crippen LogP contribution in [-0.2, 0) is 11.2 Å². The van der Waals surface area contributed by atoms with Gasteiger partial charge in [-0.15, -0.1) is 12.4 Å². The largest absolute Gasteiger partial charge is 0.493 e. The number of hydrogen-bond acceptors (Lipinski definition) is 4.